The number of hydrogen-bond donors (Lipinski definition) is 2. The molecule has 1 rings (SSSR count). The standard InChI is InChI=1S/C18H28N2O6/c1-11-14(24-16(23)26-18(5,6)7)13(12(10-21)8-19-11)9-20-15(22)25-17(2,3)4/h8,21H,9-10H2,1-7H3,(H,20,22). The molecule has 1 aromatic rings. The SMILES string of the molecule is Cc1ncc(CO)c(CNC(=O)OC(C)(C)C)c1OC(=O)OC(C)(C)C. The Labute approximate surface area is 153 Å². The first-order valence-electron chi connectivity index (χ1n) is 8.28. The van der Waals surface area contributed by atoms with Gasteiger partial charge in [-0.1, -0.05) is 0 Å². The minimum atomic E-state index is -0.893. The molecule has 0 radical (unpaired) electrons. The summed E-state index contributed by atoms with van der Waals surface area (Å²) in [6.45, 7) is 11.7. The molecule has 0 unspecified atom stereocenters. The van der Waals surface area contributed by atoms with Crippen molar-refractivity contribution in [2.75, 3.05) is 0 Å². The van der Waals surface area contributed by atoms with Gasteiger partial charge in [0.25, 0.3) is 0 Å². The van der Waals surface area contributed by atoms with Crippen molar-refractivity contribution in [2.45, 2.75) is 72.8 Å². The van der Waals surface area contributed by atoms with Crippen LogP contribution < -0.4 is 10.1 Å². The first-order valence-corrected chi connectivity index (χ1v) is 8.28. The number of aliphatic hydroxyl groups excluding tert-OH is 1. The van der Waals surface area contributed by atoms with Gasteiger partial charge in [0.1, 0.15) is 11.2 Å². The van der Waals surface area contributed by atoms with Crippen LogP contribution >= 0.6 is 0 Å². The Hall–Kier alpha value is -2.35. The Morgan fingerprint density at radius 1 is 1.12 bits per heavy atom. The molecule has 26 heavy (non-hydrogen) atoms. The number of carbonyl (C=O) groups is 2. The molecule has 0 bridgehead atoms. The van der Waals surface area contributed by atoms with Crippen LogP contribution in [-0.2, 0) is 22.6 Å². The molecule has 0 aliphatic rings. The lowest BCUT2D eigenvalue weighted by molar-refractivity contribution is 0.0201. The van der Waals surface area contributed by atoms with Crippen LogP contribution in [-0.4, -0.2) is 33.5 Å². The van der Waals surface area contributed by atoms with Crippen molar-refractivity contribution in [3.8, 4) is 5.75 Å². The highest BCUT2D eigenvalue weighted by molar-refractivity contribution is 5.69. The minimum absolute atomic E-state index is 0.00764. The molecule has 0 spiro atoms. The molecule has 2 N–H and O–H groups in total. The molecule has 0 aliphatic carbocycles. The summed E-state index contributed by atoms with van der Waals surface area (Å²) in [5, 5.41) is 12.1. The Morgan fingerprint density at radius 3 is 2.19 bits per heavy atom. The Balaban J connectivity index is 3.03. The van der Waals surface area contributed by atoms with Crippen LogP contribution in [0.1, 0.15) is 58.4 Å². The zero-order chi connectivity index (χ0) is 20.1. The Morgan fingerprint density at radius 2 is 1.69 bits per heavy atom. The first-order chi connectivity index (χ1) is 11.8. The quantitative estimate of drug-likeness (QED) is 0.786. The molecule has 0 aliphatic heterocycles. The van der Waals surface area contributed by atoms with E-state index in [2.05, 4.69) is 10.3 Å². The smallest absolute Gasteiger partial charge is 0.444 e. The average Bonchev–Trinajstić information content (AvgIpc) is 2.44. The van der Waals surface area contributed by atoms with Gasteiger partial charge in [0.15, 0.2) is 5.75 Å². The molecule has 8 heteroatoms. The van der Waals surface area contributed by atoms with Crippen LogP contribution in [0.3, 0.4) is 0 Å². The number of alkyl carbamates (subject to hydrolysis) is 1. The van der Waals surface area contributed by atoms with Gasteiger partial charge < -0.3 is 24.6 Å². The van der Waals surface area contributed by atoms with Crippen molar-refractivity contribution in [1.29, 1.82) is 0 Å². The molecule has 0 atom stereocenters. The van der Waals surface area contributed by atoms with Gasteiger partial charge in [-0.05, 0) is 48.5 Å². The van der Waals surface area contributed by atoms with Crippen LogP contribution in [0.5, 0.6) is 5.75 Å². The lowest BCUT2D eigenvalue weighted by Crippen LogP contribution is -2.32. The van der Waals surface area contributed by atoms with Gasteiger partial charge in [-0.3, -0.25) is 4.98 Å². The Bertz CT molecular complexity index is 659. The van der Waals surface area contributed by atoms with E-state index in [9.17, 15) is 14.7 Å². The molecule has 0 saturated carbocycles. The molecular formula is C18H28N2O6. The topological polar surface area (TPSA) is 107 Å². The van der Waals surface area contributed by atoms with E-state index in [4.69, 9.17) is 14.2 Å². The summed E-state index contributed by atoms with van der Waals surface area (Å²) in [7, 11) is 0. The predicted molar refractivity (Wildman–Crippen MR) is 94.8 cm³/mol. The highest BCUT2D eigenvalue weighted by Crippen LogP contribution is 2.26. The van der Waals surface area contributed by atoms with Crippen LogP contribution in [0.2, 0.25) is 0 Å². The van der Waals surface area contributed by atoms with E-state index in [1.807, 2.05) is 0 Å². The number of amides is 1. The molecule has 0 aromatic carbocycles. The summed E-state index contributed by atoms with van der Waals surface area (Å²) in [6.07, 6.45) is -0.0567. The van der Waals surface area contributed by atoms with Gasteiger partial charge in [-0.2, -0.15) is 0 Å². The van der Waals surface area contributed by atoms with Gasteiger partial charge in [-0.15, -0.1) is 0 Å². The number of nitrogens with zero attached hydrogens (tertiary/aromatic N) is 1. The second-order valence-corrected chi connectivity index (χ2v) is 7.76. The van der Waals surface area contributed by atoms with E-state index >= 15 is 0 Å². The third kappa shape index (κ3) is 7.26. The first kappa shape index (κ1) is 21.7. The van der Waals surface area contributed by atoms with Gasteiger partial charge in [0.05, 0.1) is 18.8 Å². The number of aromatic nitrogens is 1. The van der Waals surface area contributed by atoms with Gasteiger partial charge in [-0.25, -0.2) is 9.59 Å². The average molecular weight is 368 g/mol. The number of rotatable bonds is 4. The van der Waals surface area contributed by atoms with E-state index < -0.39 is 23.5 Å². The summed E-state index contributed by atoms with van der Waals surface area (Å²) < 4.78 is 15.6. The minimum Gasteiger partial charge on any atom is -0.444 e. The molecule has 1 heterocycles. The van der Waals surface area contributed by atoms with Gasteiger partial charge in [0.2, 0.25) is 0 Å². The van der Waals surface area contributed by atoms with Crippen LogP contribution in [0.4, 0.5) is 9.59 Å². The van der Waals surface area contributed by atoms with Crippen molar-refractivity contribution < 1.29 is 28.9 Å². The van der Waals surface area contributed by atoms with E-state index in [0.717, 1.165) is 0 Å². The van der Waals surface area contributed by atoms with E-state index in [0.29, 0.717) is 16.8 Å². The zero-order valence-electron chi connectivity index (χ0n) is 16.4. The summed E-state index contributed by atoms with van der Waals surface area (Å²) in [5.74, 6) is 0.141. The summed E-state index contributed by atoms with van der Waals surface area (Å²) in [5.41, 5.74) is -0.0912. The highest BCUT2D eigenvalue weighted by Gasteiger charge is 2.23. The number of ether oxygens (including phenoxy) is 3. The number of carbonyl (C=O) groups excluding carboxylic acids is 2. The lowest BCUT2D eigenvalue weighted by atomic mass is 10.1. The lowest BCUT2D eigenvalue weighted by Gasteiger charge is -2.22. The normalized spacial score (nSPS) is 11.7. The summed E-state index contributed by atoms with van der Waals surface area (Å²) in [4.78, 5) is 28.0. The van der Waals surface area contributed by atoms with Crippen molar-refractivity contribution in [3.63, 3.8) is 0 Å². The number of aliphatic hydroxyl groups is 1. The van der Waals surface area contributed by atoms with Crippen LogP contribution in [0.15, 0.2) is 6.20 Å². The van der Waals surface area contributed by atoms with E-state index in [-0.39, 0.29) is 18.9 Å². The van der Waals surface area contributed by atoms with Crippen molar-refractivity contribution in [3.05, 3.63) is 23.0 Å². The van der Waals surface area contributed by atoms with Gasteiger partial charge in [0, 0.05) is 17.3 Å². The summed E-state index contributed by atoms with van der Waals surface area (Å²) >= 11 is 0. The van der Waals surface area contributed by atoms with Crippen molar-refractivity contribution >= 4 is 12.2 Å². The van der Waals surface area contributed by atoms with Crippen molar-refractivity contribution in [2.24, 2.45) is 0 Å². The maximum atomic E-state index is 12.0. The number of pyridine rings is 1. The monoisotopic (exact) mass is 368 g/mol. The van der Waals surface area contributed by atoms with Gasteiger partial charge >= 0.3 is 12.2 Å². The zero-order valence-corrected chi connectivity index (χ0v) is 16.4. The molecule has 8 nitrogen and oxygen atoms in total. The highest BCUT2D eigenvalue weighted by atomic mass is 16.7. The maximum Gasteiger partial charge on any atom is 0.514 e. The van der Waals surface area contributed by atoms with Crippen LogP contribution in [0.25, 0.3) is 0 Å². The molecule has 1 amide bonds. The fourth-order valence-electron chi connectivity index (χ4n) is 1.97. The molecule has 1 aromatic heterocycles. The fourth-order valence-corrected chi connectivity index (χ4v) is 1.97. The molecule has 0 fully saturated rings. The Kier molecular flexibility index (Phi) is 6.97. The summed E-state index contributed by atoms with van der Waals surface area (Å²) in [6, 6.07) is 0. The number of hydrogen-bond acceptors (Lipinski definition) is 7. The number of nitrogens with one attached hydrogen (secondary N) is 1. The largest absolute Gasteiger partial charge is 0.514 e. The fraction of sp³-hybridized carbons (Fsp3) is 0.611. The maximum absolute atomic E-state index is 12.0. The van der Waals surface area contributed by atoms with Crippen LogP contribution in [0, 0.1) is 6.92 Å². The third-order valence-corrected chi connectivity index (χ3v) is 2.96. The van der Waals surface area contributed by atoms with E-state index in [1.165, 1.54) is 6.20 Å². The molecular weight excluding hydrogens is 340 g/mol. The van der Waals surface area contributed by atoms with E-state index in [1.54, 1.807) is 48.5 Å². The molecule has 146 valence electrons. The second-order valence-electron chi connectivity index (χ2n) is 7.76. The number of aryl methyl sites for hydroxylation is 1. The third-order valence-electron chi connectivity index (χ3n) is 2.96. The molecule has 0 saturated heterocycles. The second kappa shape index (κ2) is 8.35. The predicted octanol–water partition coefficient (Wildman–Crippen LogP) is 3.22. The van der Waals surface area contributed by atoms with Crippen molar-refractivity contribution in [1.82, 2.24) is 10.3 Å².